The van der Waals surface area contributed by atoms with E-state index in [-0.39, 0.29) is 27.9 Å². The first kappa shape index (κ1) is 20.1. The van der Waals surface area contributed by atoms with Crippen molar-refractivity contribution in [3.05, 3.63) is 68.3 Å². The Morgan fingerprint density at radius 3 is 2.43 bits per heavy atom. The Hall–Kier alpha value is -2.62. The van der Waals surface area contributed by atoms with Crippen LogP contribution in [-0.4, -0.2) is 29.9 Å². The summed E-state index contributed by atoms with van der Waals surface area (Å²) in [5.41, 5.74) is -0.915. The number of rotatable bonds is 5. The highest BCUT2D eigenvalue weighted by Gasteiger charge is 2.33. The highest BCUT2D eigenvalue weighted by atomic mass is 35.5. The third-order valence-electron chi connectivity index (χ3n) is 3.84. The Morgan fingerprint density at radius 1 is 1.14 bits per heavy atom. The van der Waals surface area contributed by atoms with E-state index in [4.69, 9.17) is 27.9 Å². The van der Waals surface area contributed by atoms with Crippen molar-refractivity contribution < 1.29 is 22.9 Å². The molecule has 3 aromatic rings. The second kappa shape index (κ2) is 7.42. The number of nitrogens with zero attached hydrogens (tertiary/aromatic N) is 2. The molecular formula is C17H12Cl2N2O6S. The summed E-state index contributed by atoms with van der Waals surface area (Å²) in [6.45, 7) is 1.58. The van der Waals surface area contributed by atoms with Gasteiger partial charge in [0.1, 0.15) is 5.69 Å². The molecule has 0 N–H and O–H groups in total. The third kappa shape index (κ3) is 3.44. The average Bonchev–Trinajstić information content (AvgIpc) is 3.01. The monoisotopic (exact) mass is 442 g/mol. The predicted molar refractivity (Wildman–Crippen MR) is 104 cm³/mol. The molecule has 0 saturated carbocycles. The molecule has 2 aromatic carbocycles. The molecule has 8 nitrogen and oxygen atoms in total. The second-order valence-corrected chi connectivity index (χ2v) is 8.22. The summed E-state index contributed by atoms with van der Waals surface area (Å²) in [5, 5.41) is 12.0. The van der Waals surface area contributed by atoms with Crippen molar-refractivity contribution in [3.63, 3.8) is 0 Å². The number of hydrogen-bond donors (Lipinski definition) is 0. The van der Waals surface area contributed by atoms with Crippen LogP contribution in [0, 0.1) is 10.1 Å². The van der Waals surface area contributed by atoms with Gasteiger partial charge in [-0.15, -0.1) is 0 Å². The lowest BCUT2D eigenvalue weighted by atomic mass is 10.2. The maximum atomic E-state index is 13.4. The van der Waals surface area contributed by atoms with Crippen LogP contribution in [0.25, 0.3) is 10.9 Å². The van der Waals surface area contributed by atoms with Crippen molar-refractivity contribution >= 4 is 55.8 Å². The number of benzene rings is 2. The molecule has 0 spiro atoms. The first-order chi connectivity index (χ1) is 13.2. The van der Waals surface area contributed by atoms with Crippen LogP contribution in [0.2, 0.25) is 10.0 Å². The van der Waals surface area contributed by atoms with Crippen LogP contribution in [-0.2, 0) is 14.8 Å². The number of esters is 1. The average molecular weight is 443 g/mol. The molecule has 11 heteroatoms. The van der Waals surface area contributed by atoms with Gasteiger partial charge < -0.3 is 4.74 Å². The zero-order valence-corrected chi connectivity index (χ0v) is 16.6. The predicted octanol–water partition coefficient (Wildman–Crippen LogP) is 4.27. The number of nitro groups is 1. The summed E-state index contributed by atoms with van der Waals surface area (Å²) in [4.78, 5) is 22.2. The van der Waals surface area contributed by atoms with Crippen LogP contribution in [0.3, 0.4) is 0 Å². The van der Waals surface area contributed by atoms with E-state index in [1.165, 1.54) is 30.3 Å². The molecule has 1 heterocycles. The topological polar surface area (TPSA) is 109 Å². The van der Waals surface area contributed by atoms with Crippen LogP contribution >= 0.6 is 23.2 Å². The van der Waals surface area contributed by atoms with E-state index in [2.05, 4.69) is 0 Å². The zero-order valence-electron chi connectivity index (χ0n) is 14.3. The molecule has 3 rings (SSSR count). The summed E-state index contributed by atoms with van der Waals surface area (Å²) >= 11 is 11.9. The maximum absolute atomic E-state index is 13.4. The van der Waals surface area contributed by atoms with Gasteiger partial charge >= 0.3 is 5.97 Å². The maximum Gasteiger partial charge on any atom is 0.356 e. The Morgan fingerprint density at radius 2 is 1.79 bits per heavy atom. The quantitative estimate of drug-likeness (QED) is 0.331. The van der Waals surface area contributed by atoms with Crippen LogP contribution in [0.4, 0.5) is 5.69 Å². The fraction of sp³-hybridized carbons (Fsp3) is 0.118. The molecule has 146 valence electrons. The van der Waals surface area contributed by atoms with Gasteiger partial charge in [-0.25, -0.2) is 17.2 Å². The summed E-state index contributed by atoms with van der Waals surface area (Å²) in [7, 11) is -4.60. The van der Waals surface area contributed by atoms with Crippen molar-refractivity contribution in [1.82, 2.24) is 3.97 Å². The minimum absolute atomic E-state index is 0.0124. The van der Waals surface area contributed by atoms with Gasteiger partial charge in [0.05, 0.1) is 17.0 Å². The van der Waals surface area contributed by atoms with E-state index in [0.717, 1.165) is 12.1 Å². The molecule has 0 bridgehead atoms. The number of carbonyl (C=O) groups is 1. The van der Waals surface area contributed by atoms with Crippen LogP contribution in [0.15, 0.2) is 47.4 Å². The molecule has 0 amide bonds. The first-order valence-electron chi connectivity index (χ1n) is 7.84. The molecule has 0 radical (unpaired) electrons. The molecular weight excluding hydrogens is 431 g/mol. The fourth-order valence-electron chi connectivity index (χ4n) is 2.70. The van der Waals surface area contributed by atoms with Gasteiger partial charge in [0.25, 0.3) is 15.7 Å². The molecule has 0 aliphatic carbocycles. The second-order valence-electron chi connectivity index (χ2n) is 5.59. The fourth-order valence-corrected chi connectivity index (χ4v) is 4.79. The number of carbonyl (C=O) groups excluding carboxylic acids is 1. The van der Waals surface area contributed by atoms with Gasteiger partial charge in [-0.05, 0) is 37.3 Å². The minimum atomic E-state index is -4.60. The Labute approximate surface area is 169 Å². The lowest BCUT2D eigenvalue weighted by Crippen LogP contribution is -2.20. The number of halogens is 2. The molecule has 0 saturated heterocycles. The van der Waals surface area contributed by atoms with Gasteiger partial charge in [-0.1, -0.05) is 29.3 Å². The largest absolute Gasteiger partial charge is 0.461 e. The van der Waals surface area contributed by atoms with Crippen molar-refractivity contribution in [1.29, 1.82) is 0 Å². The zero-order chi connectivity index (χ0) is 20.6. The SMILES string of the molecule is CCOC(=O)c1cc2ccc(Cl)cc2n1S(=O)(=O)c1cc(Cl)ccc1[N+](=O)[O-]. The molecule has 1 aromatic heterocycles. The Balaban J connectivity index is 2.41. The minimum Gasteiger partial charge on any atom is -0.461 e. The van der Waals surface area contributed by atoms with E-state index in [9.17, 15) is 23.3 Å². The number of ether oxygens (including phenoxy) is 1. The third-order valence-corrected chi connectivity index (χ3v) is 6.07. The Bertz CT molecular complexity index is 1220. The van der Waals surface area contributed by atoms with E-state index < -0.39 is 31.5 Å². The number of nitro benzene ring substituents is 1. The smallest absolute Gasteiger partial charge is 0.356 e. The standard InChI is InChI=1S/C17H12Cl2N2O6S/c1-2-27-17(22)15-7-10-3-4-11(18)8-14(10)20(15)28(25,26)16-9-12(19)5-6-13(16)21(23)24/h3-9H,2H2,1H3. The van der Waals surface area contributed by atoms with Crippen LogP contribution in [0.5, 0.6) is 0 Å². The van der Waals surface area contributed by atoms with Crippen molar-refractivity contribution in [3.8, 4) is 0 Å². The van der Waals surface area contributed by atoms with Crippen LogP contribution in [0.1, 0.15) is 17.4 Å². The molecule has 0 fully saturated rings. The van der Waals surface area contributed by atoms with E-state index in [0.29, 0.717) is 9.36 Å². The highest BCUT2D eigenvalue weighted by molar-refractivity contribution is 7.90. The summed E-state index contributed by atoms with van der Waals surface area (Å²) in [6, 6.07) is 8.86. The normalized spacial score (nSPS) is 11.5. The van der Waals surface area contributed by atoms with E-state index in [1.54, 1.807) is 6.92 Å². The number of hydrogen-bond acceptors (Lipinski definition) is 6. The van der Waals surface area contributed by atoms with Crippen molar-refractivity contribution in [2.45, 2.75) is 11.8 Å². The summed E-state index contributed by atoms with van der Waals surface area (Å²) in [6.07, 6.45) is 0. The highest BCUT2D eigenvalue weighted by Crippen LogP contribution is 2.33. The lowest BCUT2D eigenvalue weighted by Gasteiger charge is -2.12. The molecule has 0 aliphatic rings. The van der Waals surface area contributed by atoms with E-state index in [1.807, 2.05) is 0 Å². The molecule has 0 atom stereocenters. The molecule has 28 heavy (non-hydrogen) atoms. The van der Waals surface area contributed by atoms with Gasteiger partial charge in [0, 0.05) is 21.5 Å². The lowest BCUT2D eigenvalue weighted by molar-refractivity contribution is -0.387. The van der Waals surface area contributed by atoms with Crippen molar-refractivity contribution in [2.24, 2.45) is 0 Å². The van der Waals surface area contributed by atoms with Gasteiger partial charge in [0.2, 0.25) is 0 Å². The van der Waals surface area contributed by atoms with Crippen molar-refractivity contribution in [2.75, 3.05) is 6.61 Å². The molecule has 0 unspecified atom stereocenters. The Kier molecular flexibility index (Phi) is 5.33. The van der Waals surface area contributed by atoms with Gasteiger partial charge in [-0.3, -0.25) is 10.1 Å². The van der Waals surface area contributed by atoms with Crippen LogP contribution < -0.4 is 0 Å². The molecule has 0 aliphatic heterocycles. The van der Waals surface area contributed by atoms with Gasteiger partial charge in [0.15, 0.2) is 4.90 Å². The number of aromatic nitrogens is 1. The number of fused-ring (bicyclic) bond motifs is 1. The summed E-state index contributed by atoms with van der Waals surface area (Å²) in [5.74, 6) is -0.900. The van der Waals surface area contributed by atoms with E-state index >= 15 is 0 Å². The first-order valence-corrected chi connectivity index (χ1v) is 10.0. The summed E-state index contributed by atoms with van der Waals surface area (Å²) < 4.78 is 32.4. The van der Waals surface area contributed by atoms with Gasteiger partial charge in [-0.2, -0.15) is 0 Å².